The number of carbonyl (C=O) groups is 5. The third-order valence-electron chi connectivity index (χ3n) is 8.39. The fourth-order valence-electron chi connectivity index (χ4n) is 5.24. The number of Topliss-reactive ketones (excluding diaryl/α,β-unsaturated/α-hetero) is 1. The monoisotopic (exact) mass is 544 g/mol. The predicted octanol–water partition coefficient (Wildman–Crippen LogP) is 2.74. The van der Waals surface area contributed by atoms with E-state index in [-0.39, 0.29) is 29.7 Å². The van der Waals surface area contributed by atoms with Gasteiger partial charge < -0.3 is 20.9 Å². The maximum atomic E-state index is 14.0. The fraction of sp³-hybridized carbons (Fsp3) is 0.767. The van der Waals surface area contributed by atoms with E-state index in [2.05, 4.69) is 22.5 Å². The molecule has 3 rings (SSSR count). The number of hydrogen-bond donors (Lipinski definition) is 3. The molecular weight excluding hydrogens is 496 g/mol. The van der Waals surface area contributed by atoms with Gasteiger partial charge in [0.2, 0.25) is 23.5 Å². The van der Waals surface area contributed by atoms with Crippen LogP contribution in [0.4, 0.5) is 0 Å². The molecule has 4 atom stereocenters. The van der Waals surface area contributed by atoms with Crippen LogP contribution in [0.2, 0.25) is 0 Å². The first-order chi connectivity index (χ1) is 18.1. The highest BCUT2D eigenvalue weighted by Gasteiger charge is 2.51. The molecule has 1 aliphatic heterocycles. The smallest absolute Gasteiger partial charge is 0.289 e. The van der Waals surface area contributed by atoms with Crippen LogP contribution in [0.1, 0.15) is 87.0 Å². The van der Waals surface area contributed by atoms with Gasteiger partial charge in [-0.2, -0.15) is 0 Å². The van der Waals surface area contributed by atoms with E-state index in [1.165, 1.54) is 0 Å². The number of amides is 4. The van der Waals surface area contributed by atoms with Crippen LogP contribution in [0.5, 0.6) is 0 Å². The van der Waals surface area contributed by atoms with Crippen molar-refractivity contribution in [3.05, 3.63) is 12.7 Å². The predicted molar refractivity (Wildman–Crippen MR) is 149 cm³/mol. The molecule has 218 valence electrons. The summed E-state index contributed by atoms with van der Waals surface area (Å²) < 4.78 is 0. The van der Waals surface area contributed by atoms with Gasteiger partial charge in [0.05, 0.1) is 6.04 Å². The topological polar surface area (TPSA) is 125 Å². The second-order valence-electron chi connectivity index (χ2n) is 13.7. The molecule has 0 aromatic rings. The van der Waals surface area contributed by atoms with Gasteiger partial charge in [0.25, 0.3) is 5.91 Å². The molecule has 0 aromatic carbocycles. The molecule has 3 fully saturated rings. The Labute approximate surface area is 233 Å². The molecule has 3 aliphatic rings. The molecule has 0 spiro atoms. The molecule has 9 nitrogen and oxygen atoms in total. The Morgan fingerprint density at radius 2 is 1.56 bits per heavy atom. The van der Waals surface area contributed by atoms with Crippen LogP contribution in [0.15, 0.2) is 12.7 Å². The molecule has 2 aliphatic carbocycles. The Kier molecular flexibility index (Phi) is 9.33. The van der Waals surface area contributed by atoms with E-state index in [0.717, 1.165) is 25.7 Å². The first-order valence-electron chi connectivity index (χ1n) is 14.5. The maximum Gasteiger partial charge on any atom is 0.289 e. The van der Waals surface area contributed by atoms with Gasteiger partial charge in [-0.05, 0) is 48.3 Å². The van der Waals surface area contributed by atoms with Gasteiger partial charge in [0.1, 0.15) is 12.1 Å². The third kappa shape index (κ3) is 7.70. The van der Waals surface area contributed by atoms with Crippen molar-refractivity contribution in [3.63, 3.8) is 0 Å². The molecule has 1 heterocycles. The Bertz CT molecular complexity index is 990. The van der Waals surface area contributed by atoms with Crippen molar-refractivity contribution in [2.24, 2.45) is 28.6 Å². The second-order valence-corrected chi connectivity index (χ2v) is 13.7. The Balaban J connectivity index is 1.89. The molecule has 0 radical (unpaired) electrons. The zero-order valence-electron chi connectivity index (χ0n) is 24.8. The van der Waals surface area contributed by atoms with E-state index >= 15 is 0 Å². The molecular formula is C30H48N4O5. The largest absolute Gasteiger partial charge is 0.347 e. The van der Waals surface area contributed by atoms with Crippen molar-refractivity contribution in [2.45, 2.75) is 111 Å². The number of nitrogens with zero attached hydrogens (tertiary/aromatic N) is 1. The number of ketones is 1. The average Bonchev–Trinajstić information content (AvgIpc) is 3.79. The van der Waals surface area contributed by atoms with Crippen molar-refractivity contribution in [1.82, 2.24) is 20.9 Å². The zero-order chi connectivity index (χ0) is 29.3. The molecule has 39 heavy (non-hydrogen) atoms. The fourth-order valence-corrected chi connectivity index (χ4v) is 5.24. The Morgan fingerprint density at radius 3 is 2.05 bits per heavy atom. The molecule has 1 unspecified atom stereocenters. The van der Waals surface area contributed by atoms with Crippen molar-refractivity contribution < 1.29 is 24.0 Å². The lowest BCUT2D eigenvalue weighted by molar-refractivity contribution is -0.146. The molecule has 4 amide bonds. The van der Waals surface area contributed by atoms with Gasteiger partial charge in [0.15, 0.2) is 0 Å². The summed E-state index contributed by atoms with van der Waals surface area (Å²) in [5.74, 6) is -2.54. The average molecular weight is 545 g/mol. The standard InChI is InChI=1S/C30H48N4O5/c1-9-30(7,8)20-14-15-34(28(39)24(29(4,5)6)33-25(36)17(2)3)22(20)26(37)32-21(16-18-10-11-18)23(35)27(38)31-19-12-13-19/h9,17-22,24H,1,10-16H2,2-8H3,(H,31,38)(H,32,37)(H,33,36)/t20-,21?,22-,24+/m0/s1. The molecule has 1 saturated heterocycles. The van der Waals surface area contributed by atoms with Gasteiger partial charge in [-0.25, -0.2) is 0 Å². The third-order valence-corrected chi connectivity index (χ3v) is 8.39. The van der Waals surface area contributed by atoms with Crippen molar-refractivity contribution in [2.75, 3.05) is 6.54 Å². The Morgan fingerprint density at radius 1 is 0.949 bits per heavy atom. The van der Waals surface area contributed by atoms with Gasteiger partial charge in [-0.1, -0.05) is 67.4 Å². The number of rotatable bonds is 12. The van der Waals surface area contributed by atoms with E-state index < -0.39 is 46.6 Å². The highest BCUT2D eigenvalue weighted by atomic mass is 16.2. The van der Waals surface area contributed by atoms with E-state index in [9.17, 15) is 24.0 Å². The lowest BCUT2D eigenvalue weighted by atomic mass is 9.74. The van der Waals surface area contributed by atoms with Crippen LogP contribution in [-0.4, -0.2) is 65.0 Å². The van der Waals surface area contributed by atoms with Crippen LogP contribution < -0.4 is 16.0 Å². The molecule has 3 N–H and O–H groups in total. The van der Waals surface area contributed by atoms with Gasteiger partial charge in [0, 0.05) is 18.5 Å². The lowest BCUT2D eigenvalue weighted by Crippen LogP contribution is -2.61. The van der Waals surface area contributed by atoms with Crippen molar-refractivity contribution >= 4 is 29.4 Å². The normalized spacial score (nSPS) is 23.1. The minimum absolute atomic E-state index is 0.0369. The number of allylic oxidation sites excluding steroid dienone is 1. The van der Waals surface area contributed by atoms with Crippen LogP contribution >= 0.6 is 0 Å². The zero-order valence-corrected chi connectivity index (χ0v) is 24.8. The summed E-state index contributed by atoms with van der Waals surface area (Å²) in [7, 11) is 0. The highest BCUT2D eigenvalue weighted by molar-refractivity contribution is 6.38. The number of carbonyl (C=O) groups excluding carboxylic acids is 5. The van der Waals surface area contributed by atoms with Crippen molar-refractivity contribution in [3.8, 4) is 0 Å². The number of nitrogens with one attached hydrogen (secondary N) is 3. The maximum absolute atomic E-state index is 14.0. The van der Waals surface area contributed by atoms with Crippen LogP contribution in [0.3, 0.4) is 0 Å². The quantitative estimate of drug-likeness (QED) is 0.257. The lowest BCUT2D eigenvalue weighted by Gasteiger charge is -2.39. The SMILES string of the molecule is C=CC(C)(C)[C@H]1CCN(C(=O)[C@@H](NC(=O)C(C)C)C(C)(C)C)[C@@H]1C(=O)NC(CC1CC1)C(=O)C(=O)NC1CC1. The summed E-state index contributed by atoms with van der Waals surface area (Å²) in [6.45, 7) is 17.5. The second kappa shape index (κ2) is 11.8. The van der Waals surface area contributed by atoms with Crippen molar-refractivity contribution in [1.29, 1.82) is 0 Å². The summed E-state index contributed by atoms with van der Waals surface area (Å²) in [6.07, 6.45) is 6.43. The van der Waals surface area contributed by atoms with E-state index in [1.807, 2.05) is 34.6 Å². The molecule has 0 aromatic heterocycles. The Hall–Kier alpha value is -2.71. The van der Waals surface area contributed by atoms with Gasteiger partial charge in [-0.15, -0.1) is 6.58 Å². The van der Waals surface area contributed by atoms with E-state index in [4.69, 9.17) is 0 Å². The molecule has 2 saturated carbocycles. The number of likely N-dealkylation sites (tertiary alicyclic amines) is 1. The number of hydrogen-bond acceptors (Lipinski definition) is 5. The van der Waals surface area contributed by atoms with Gasteiger partial charge in [-0.3, -0.25) is 24.0 Å². The minimum atomic E-state index is -0.937. The first kappa shape index (κ1) is 30.8. The summed E-state index contributed by atoms with van der Waals surface area (Å²) in [6, 6.07) is -2.60. The van der Waals surface area contributed by atoms with Gasteiger partial charge >= 0.3 is 0 Å². The van der Waals surface area contributed by atoms with E-state index in [0.29, 0.717) is 25.3 Å². The first-order valence-corrected chi connectivity index (χ1v) is 14.5. The minimum Gasteiger partial charge on any atom is -0.347 e. The summed E-state index contributed by atoms with van der Waals surface area (Å²) in [5.41, 5.74) is -1.07. The van der Waals surface area contributed by atoms with Crippen LogP contribution in [0.25, 0.3) is 0 Å². The van der Waals surface area contributed by atoms with Crippen LogP contribution in [0, 0.1) is 28.6 Å². The summed E-state index contributed by atoms with van der Waals surface area (Å²) in [5, 5.41) is 8.53. The summed E-state index contributed by atoms with van der Waals surface area (Å²) >= 11 is 0. The van der Waals surface area contributed by atoms with E-state index in [1.54, 1.807) is 24.8 Å². The summed E-state index contributed by atoms with van der Waals surface area (Å²) in [4.78, 5) is 68.0. The van der Waals surface area contributed by atoms with Crippen LogP contribution in [-0.2, 0) is 24.0 Å². The molecule has 9 heteroatoms. The highest BCUT2D eigenvalue weighted by Crippen LogP contribution is 2.41. The molecule has 0 bridgehead atoms.